The van der Waals surface area contributed by atoms with Gasteiger partial charge in [-0.15, -0.1) is 4.63 Å². The normalized spacial score (nSPS) is 12.2. The maximum Gasteiger partial charge on any atom is 0.176 e. The number of rotatable bonds is 0. The molecule has 0 aliphatic heterocycles. The summed E-state index contributed by atoms with van der Waals surface area (Å²) in [5.74, 6) is 0. The largest absolute Gasteiger partial charge is 0.234 e. The zero-order valence-electron chi connectivity index (χ0n) is 8.02. The number of aromatic nitrogens is 4. The SMILES string of the molecule is CC(C)(C)c1cc2nccnn2n1. The van der Waals surface area contributed by atoms with Gasteiger partial charge in [0.1, 0.15) is 0 Å². The Kier molecular flexibility index (Phi) is 1.58. The average Bonchev–Trinajstić information content (AvgIpc) is 2.45. The van der Waals surface area contributed by atoms with Crippen molar-refractivity contribution in [3.05, 3.63) is 24.2 Å². The lowest BCUT2D eigenvalue weighted by Gasteiger charge is -2.13. The van der Waals surface area contributed by atoms with Crippen molar-refractivity contribution < 1.29 is 0 Å². The van der Waals surface area contributed by atoms with Gasteiger partial charge in [0.2, 0.25) is 0 Å². The Morgan fingerprint density at radius 1 is 1.23 bits per heavy atom. The fourth-order valence-electron chi connectivity index (χ4n) is 1.11. The first-order chi connectivity index (χ1) is 6.07. The molecule has 68 valence electrons. The second-order valence-corrected chi connectivity index (χ2v) is 4.07. The highest BCUT2D eigenvalue weighted by Crippen LogP contribution is 2.20. The molecule has 2 aromatic rings. The van der Waals surface area contributed by atoms with Gasteiger partial charge >= 0.3 is 0 Å². The van der Waals surface area contributed by atoms with Gasteiger partial charge in [0.15, 0.2) is 5.65 Å². The van der Waals surface area contributed by atoms with Crippen LogP contribution in [-0.2, 0) is 5.41 Å². The molecule has 0 atom stereocenters. The van der Waals surface area contributed by atoms with Crippen LogP contribution in [0.15, 0.2) is 18.5 Å². The molecule has 2 aromatic heterocycles. The Morgan fingerprint density at radius 2 is 2.00 bits per heavy atom. The Hall–Kier alpha value is -1.45. The number of hydrogen-bond donors (Lipinski definition) is 0. The van der Waals surface area contributed by atoms with E-state index in [1.165, 1.54) is 0 Å². The van der Waals surface area contributed by atoms with E-state index in [1.807, 2.05) is 6.07 Å². The van der Waals surface area contributed by atoms with Crippen molar-refractivity contribution in [3.8, 4) is 0 Å². The molecule has 0 saturated carbocycles. The maximum atomic E-state index is 4.33. The Morgan fingerprint density at radius 3 is 2.62 bits per heavy atom. The molecule has 0 unspecified atom stereocenters. The fraction of sp³-hybridized carbons (Fsp3) is 0.444. The van der Waals surface area contributed by atoms with Crippen LogP contribution in [0.25, 0.3) is 5.65 Å². The molecule has 2 heterocycles. The van der Waals surface area contributed by atoms with Crippen LogP contribution in [0.5, 0.6) is 0 Å². The van der Waals surface area contributed by atoms with Gasteiger partial charge in [0.05, 0.1) is 11.9 Å². The molecule has 0 radical (unpaired) electrons. The van der Waals surface area contributed by atoms with Crippen molar-refractivity contribution in [2.45, 2.75) is 26.2 Å². The number of hydrogen-bond acceptors (Lipinski definition) is 3. The van der Waals surface area contributed by atoms with Crippen LogP contribution in [0.1, 0.15) is 26.5 Å². The first-order valence-electron chi connectivity index (χ1n) is 4.25. The highest BCUT2D eigenvalue weighted by molar-refractivity contribution is 5.38. The van der Waals surface area contributed by atoms with Crippen LogP contribution in [0.4, 0.5) is 0 Å². The van der Waals surface area contributed by atoms with E-state index in [4.69, 9.17) is 0 Å². The zero-order valence-corrected chi connectivity index (χ0v) is 8.02. The van der Waals surface area contributed by atoms with Crippen molar-refractivity contribution in [2.75, 3.05) is 0 Å². The van der Waals surface area contributed by atoms with Crippen molar-refractivity contribution in [2.24, 2.45) is 0 Å². The van der Waals surface area contributed by atoms with Crippen LogP contribution >= 0.6 is 0 Å². The molecular weight excluding hydrogens is 164 g/mol. The summed E-state index contributed by atoms with van der Waals surface area (Å²) in [6.45, 7) is 6.36. The molecule has 0 fully saturated rings. The molecule has 13 heavy (non-hydrogen) atoms. The third-order valence-corrected chi connectivity index (χ3v) is 1.89. The molecule has 0 saturated heterocycles. The van der Waals surface area contributed by atoms with Crippen molar-refractivity contribution in [1.29, 1.82) is 0 Å². The van der Waals surface area contributed by atoms with Crippen LogP contribution < -0.4 is 0 Å². The van der Waals surface area contributed by atoms with Gasteiger partial charge in [-0.05, 0) is 0 Å². The molecule has 2 rings (SSSR count). The molecular formula is C9H12N4. The smallest absolute Gasteiger partial charge is 0.176 e. The van der Waals surface area contributed by atoms with Crippen molar-refractivity contribution in [3.63, 3.8) is 0 Å². The minimum atomic E-state index is 0.0510. The van der Waals surface area contributed by atoms with Gasteiger partial charge in [-0.25, -0.2) is 4.98 Å². The third-order valence-electron chi connectivity index (χ3n) is 1.89. The summed E-state index contributed by atoms with van der Waals surface area (Å²) in [4.78, 5) is 4.15. The van der Waals surface area contributed by atoms with Gasteiger partial charge in [-0.2, -0.15) is 10.2 Å². The maximum absolute atomic E-state index is 4.33. The summed E-state index contributed by atoms with van der Waals surface area (Å²) in [7, 11) is 0. The molecule has 0 aliphatic carbocycles. The summed E-state index contributed by atoms with van der Waals surface area (Å²) >= 11 is 0. The summed E-state index contributed by atoms with van der Waals surface area (Å²) < 4.78 is 1.56. The highest BCUT2D eigenvalue weighted by atomic mass is 15.4. The Bertz CT molecular complexity index is 391. The Labute approximate surface area is 76.6 Å². The van der Waals surface area contributed by atoms with Gasteiger partial charge in [-0.3, -0.25) is 0 Å². The van der Waals surface area contributed by atoms with E-state index in [-0.39, 0.29) is 5.41 Å². The van der Waals surface area contributed by atoms with Gasteiger partial charge in [0, 0.05) is 17.7 Å². The summed E-state index contributed by atoms with van der Waals surface area (Å²) in [6.07, 6.45) is 3.30. The lowest BCUT2D eigenvalue weighted by molar-refractivity contribution is 0.556. The van der Waals surface area contributed by atoms with E-state index < -0.39 is 0 Å². The first kappa shape index (κ1) is 8.16. The fourth-order valence-corrected chi connectivity index (χ4v) is 1.11. The zero-order chi connectivity index (χ0) is 9.47. The third kappa shape index (κ3) is 1.39. The topological polar surface area (TPSA) is 43.1 Å². The monoisotopic (exact) mass is 176 g/mol. The van der Waals surface area contributed by atoms with E-state index in [9.17, 15) is 0 Å². The molecule has 4 heteroatoms. The van der Waals surface area contributed by atoms with E-state index >= 15 is 0 Å². The summed E-state index contributed by atoms with van der Waals surface area (Å²) in [5, 5.41) is 8.39. The van der Waals surface area contributed by atoms with Gasteiger partial charge < -0.3 is 0 Å². The molecule has 0 amide bonds. The van der Waals surface area contributed by atoms with E-state index in [0.29, 0.717) is 0 Å². The van der Waals surface area contributed by atoms with Gasteiger partial charge in [-0.1, -0.05) is 20.8 Å². The van der Waals surface area contributed by atoms with Gasteiger partial charge in [0.25, 0.3) is 0 Å². The molecule has 0 aromatic carbocycles. The highest BCUT2D eigenvalue weighted by Gasteiger charge is 2.17. The molecule has 4 nitrogen and oxygen atoms in total. The van der Waals surface area contributed by atoms with Crippen LogP contribution in [-0.4, -0.2) is 19.8 Å². The second-order valence-electron chi connectivity index (χ2n) is 4.07. The molecule has 0 N–H and O–H groups in total. The van der Waals surface area contributed by atoms with Crippen molar-refractivity contribution in [1.82, 2.24) is 19.8 Å². The Balaban J connectivity index is 2.63. The van der Waals surface area contributed by atoms with Crippen molar-refractivity contribution >= 4 is 5.65 Å². The summed E-state index contributed by atoms with van der Waals surface area (Å²) in [5.41, 5.74) is 1.86. The second kappa shape index (κ2) is 2.52. The molecule has 0 aliphatic rings. The van der Waals surface area contributed by atoms with Crippen LogP contribution in [0.2, 0.25) is 0 Å². The quantitative estimate of drug-likeness (QED) is 0.609. The van der Waals surface area contributed by atoms with E-state index in [2.05, 4.69) is 36.0 Å². The lowest BCUT2D eigenvalue weighted by atomic mass is 9.93. The van der Waals surface area contributed by atoms with E-state index in [0.717, 1.165) is 11.3 Å². The minimum absolute atomic E-state index is 0.0510. The standard InChI is InChI=1S/C9H12N4/c1-9(2,3)7-6-8-10-4-5-11-13(8)12-7/h4-6H,1-3H3. The van der Waals surface area contributed by atoms with Crippen LogP contribution in [0, 0.1) is 0 Å². The average molecular weight is 176 g/mol. The molecule has 0 spiro atoms. The molecule has 0 bridgehead atoms. The number of fused-ring (bicyclic) bond motifs is 1. The predicted octanol–water partition coefficient (Wildman–Crippen LogP) is 1.42. The minimum Gasteiger partial charge on any atom is -0.234 e. The summed E-state index contributed by atoms with van der Waals surface area (Å²) in [6, 6.07) is 1.97. The first-order valence-corrected chi connectivity index (χ1v) is 4.25. The lowest BCUT2D eigenvalue weighted by Crippen LogP contribution is -2.12. The van der Waals surface area contributed by atoms with Crippen LogP contribution in [0.3, 0.4) is 0 Å². The number of nitrogens with zero attached hydrogens (tertiary/aromatic N) is 4. The predicted molar refractivity (Wildman–Crippen MR) is 49.5 cm³/mol. The van der Waals surface area contributed by atoms with E-state index in [1.54, 1.807) is 17.0 Å².